The van der Waals surface area contributed by atoms with E-state index in [4.69, 9.17) is 11.1 Å². The number of nitrogens with one attached hydrogen (secondary N) is 1. The summed E-state index contributed by atoms with van der Waals surface area (Å²) in [6.07, 6.45) is 3.88. The average molecular weight is 141 g/mol. The van der Waals surface area contributed by atoms with Gasteiger partial charge in [0.25, 0.3) is 0 Å². The Morgan fingerprint density at radius 2 is 1.90 bits per heavy atom. The van der Waals surface area contributed by atoms with Gasteiger partial charge in [-0.3, -0.25) is 10.3 Å². The van der Waals surface area contributed by atoms with Gasteiger partial charge in [0.15, 0.2) is 0 Å². The molecule has 1 fully saturated rings. The highest BCUT2D eigenvalue weighted by Crippen LogP contribution is 2.07. The second-order valence-corrected chi connectivity index (χ2v) is 2.86. The summed E-state index contributed by atoms with van der Waals surface area (Å²) < 4.78 is 0. The Balaban J connectivity index is 2.19. The molecule has 0 unspecified atom stereocenters. The predicted octanol–water partition coefficient (Wildman–Crippen LogP) is 0.408. The summed E-state index contributed by atoms with van der Waals surface area (Å²) in [7, 11) is 0. The van der Waals surface area contributed by atoms with Gasteiger partial charge in [-0.15, -0.1) is 0 Å². The lowest BCUT2D eigenvalue weighted by Crippen LogP contribution is -2.36. The molecule has 0 aliphatic carbocycles. The standard InChI is InChI=1S/C7H15N3/c8-7(9)6-10-4-2-1-3-5-10/h1-6H2,(H3,8,9). The van der Waals surface area contributed by atoms with E-state index < -0.39 is 0 Å². The molecular weight excluding hydrogens is 126 g/mol. The molecule has 1 saturated heterocycles. The number of likely N-dealkylation sites (tertiary alicyclic amines) is 1. The summed E-state index contributed by atoms with van der Waals surface area (Å²) in [5.74, 6) is 0.293. The Labute approximate surface area is 61.7 Å². The molecule has 0 aromatic rings. The minimum Gasteiger partial charge on any atom is -0.387 e. The van der Waals surface area contributed by atoms with E-state index >= 15 is 0 Å². The minimum atomic E-state index is 0.293. The molecular formula is C7H15N3. The van der Waals surface area contributed by atoms with Crippen LogP contribution in [0, 0.1) is 5.41 Å². The molecule has 0 radical (unpaired) electrons. The van der Waals surface area contributed by atoms with Crippen molar-refractivity contribution in [2.75, 3.05) is 19.6 Å². The minimum absolute atomic E-state index is 0.293. The van der Waals surface area contributed by atoms with Gasteiger partial charge in [0, 0.05) is 0 Å². The lowest BCUT2D eigenvalue weighted by atomic mass is 10.1. The molecule has 3 nitrogen and oxygen atoms in total. The lowest BCUT2D eigenvalue weighted by Gasteiger charge is -2.25. The first-order valence-electron chi connectivity index (χ1n) is 3.84. The molecule has 0 aromatic carbocycles. The third-order valence-electron chi connectivity index (χ3n) is 1.84. The monoisotopic (exact) mass is 141 g/mol. The van der Waals surface area contributed by atoms with Crippen LogP contribution in [0.1, 0.15) is 19.3 Å². The van der Waals surface area contributed by atoms with Crippen molar-refractivity contribution in [3.05, 3.63) is 0 Å². The molecule has 1 aliphatic rings. The zero-order valence-corrected chi connectivity index (χ0v) is 6.27. The number of nitrogens with zero attached hydrogens (tertiary/aromatic N) is 1. The quantitative estimate of drug-likeness (QED) is 0.432. The Kier molecular flexibility index (Phi) is 2.68. The molecule has 3 N–H and O–H groups in total. The Bertz CT molecular complexity index is 116. The average Bonchev–Trinajstić information content (AvgIpc) is 1.88. The SMILES string of the molecule is N=C(N)CN1CCCCC1. The summed E-state index contributed by atoms with van der Waals surface area (Å²) >= 11 is 0. The molecule has 1 aliphatic heterocycles. The van der Waals surface area contributed by atoms with Crippen LogP contribution >= 0.6 is 0 Å². The molecule has 0 atom stereocenters. The van der Waals surface area contributed by atoms with Gasteiger partial charge >= 0.3 is 0 Å². The highest BCUT2D eigenvalue weighted by molar-refractivity contribution is 5.78. The first kappa shape index (κ1) is 7.54. The van der Waals surface area contributed by atoms with Crippen LogP contribution in [0.2, 0.25) is 0 Å². The summed E-state index contributed by atoms with van der Waals surface area (Å²) in [5.41, 5.74) is 5.26. The summed E-state index contributed by atoms with van der Waals surface area (Å²) in [4.78, 5) is 2.24. The number of hydrogen-bond acceptors (Lipinski definition) is 2. The molecule has 0 bridgehead atoms. The number of rotatable bonds is 2. The van der Waals surface area contributed by atoms with Gasteiger partial charge in [0.2, 0.25) is 0 Å². The van der Waals surface area contributed by atoms with Crippen LogP contribution in [0.15, 0.2) is 0 Å². The van der Waals surface area contributed by atoms with E-state index in [0.717, 1.165) is 13.1 Å². The van der Waals surface area contributed by atoms with Crippen molar-refractivity contribution in [2.45, 2.75) is 19.3 Å². The van der Waals surface area contributed by atoms with Gasteiger partial charge in [-0.2, -0.15) is 0 Å². The van der Waals surface area contributed by atoms with Crippen molar-refractivity contribution in [1.82, 2.24) is 4.90 Å². The zero-order chi connectivity index (χ0) is 7.40. The first-order chi connectivity index (χ1) is 4.79. The normalized spacial score (nSPS) is 20.8. The Hall–Kier alpha value is -0.570. The second kappa shape index (κ2) is 3.56. The van der Waals surface area contributed by atoms with Crippen molar-refractivity contribution in [2.24, 2.45) is 5.73 Å². The molecule has 1 heterocycles. The smallest absolute Gasteiger partial charge is 0.105 e. The van der Waals surface area contributed by atoms with Gasteiger partial charge in [-0.1, -0.05) is 6.42 Å². The Morgan fingerprint density at radius 1 is 1.30 bits per heavy atom. The van der Waals surface area contributed by atoms with E-state index in [1.54, 1.807) is 0 Å². The van der Waals surface area contributed by atoms with Crippen LogP contribution in [0.3, 0.4) is 0 Å². The van der Waals surface area contributed by atoms with Gasteiger partial charge < -0.3 is 5.73 Å². The van der Waals surface area contributed by atoms with Crippen LogP contribution in [0.25, 0.3) is 0 Å². The maximum absolute atomic E-state index is 7.07. The number of nitrogens with two attached hydrogens (primary N) is 1. The van der Waals surface area contributed by atoms with E-state index in [9.17, 15) is 0 Å². The van der Waals surface area contributed by atoms with Crippen LogP contribution in [-0.4, -0.2) is 30.4 Å². The molecule has 3 heteroatoms. The Morgan fingerprint density at radius 3 is 2.40 bits per heavy atom. The summed E-state index contributed by atoms with van der Waals surface area (Å²) in [6, 6.07) is 0. The van der Waals surface area contributed by atoms with E-state index in [1.165, 1.54) is 19.3 Å². The van der Waals surface area contributed by atoms with Crippen LogP contribution < -0.4 is 5.73 Å². The summed E-state index contributed by atoms with van der Waals surface area (Å²) in [5, 5.41) is 7.07. The van der Waals surface area contributed by atoms with Gasteiger partial charge in [-0.05, 0) is 25.9 Å². The van der Waals surface area contributed by atoms with E-state index in [0.29, 0.717) is 12.4 Å². The second-order valence-electron chi connectivity index (χ2n) is 2.86. The van der Waals surface area contributed by atoms with Crippen molar-refractivity contribution < 1.29 is 0 Å². The summed E-state index contributed by atoms with van der Waals surface area (Å²) in [6.45, 7) is 2.92. The fourth-order valence-electron chi connectivity index (χ4n) is 1.36. The largest absolute Gasteiger partial charge is 0.387 e. The molecule has 0 spiro atoms. The van der Waals surface area contributed by atoms with Crippen molar-refractivity contribution in [3.8, 4) is 0 Å². The number of piperidine rings is 1. The number of amidine groups is 1. The van der Waals surface area contributed by atoms with E-state index in [1.807, 2.05) is 0 Å². The third kappa shape index (κ3) is 2.35. The van der Waals surface area contributed by atoms with Gasteiger partial charge in [-0.25, -0.2) is 0 Å². The van der Waals surface area contributed by atoms with Gasteiger partial charge in [0.1, 0.15) is 5.84 Å². The molecule has 0 aromatic heterocycles. The maximum atomic E-state index is 7.07. The molecule has 1 rings (SSSR count). The van der Waals surface area contributed by atoms with Gasteiger partial charge in [0.05, 0.1) is 6.54 Å². The highest BCUT2D eigenvalue weighted by Gasteiger charge is 2.09. The molecule has 0 amide bonds. The fourth-order valence-corrected chi connectivity index (χ4v) is 1.36. The first-order valence-corrected chi connectivity index (χ1v) is 3.84. The van der Waals surface area contributed by atoms with Crippen molar-refractivity contribution in [1.29, 1.82) is 5.41 Å². The lowest BCUT2D eigenvalue weighted by molar-refractivity contribution is 0.257. The molecule has 58 valence electrons. The van der Waals surface area contributed by atoms with Crippen molar-refractivity contribution in [3.63, 3.8) is 0 Å². The van der Waals surface area contributed by atoms with Crippen LogP contribution in [-0.2, 0) is 0 Å². The van der Waals surface area contributed by atoms with E-state index in [-0.39, 0.29) is 0 Å². The maximum Gasteiger partial charge on any atom is 0.105 e. The zero-order valence-electron chi connectivity index (χ0n) is 6.27. The van der Waals surface area contributed by atoms with E-state index in [2.05, 4.69) is 4.90 Å². The highest BCUT2D eigenvalue weighted by atomic mass is 15.1. The topological polar surface area (TPSA) is 53.1 Å². The fraction of sp³-hybridized carbons (Fsp3) is 0.857. The third-order valence-corrected chi connectivity index (χ3v) is 1.84. The number of hydrogen-bond donors (Lipinski definition) is 2. The predicted molar refractivity (Wildman–Crippen MR) is 42.2 cm³/mol. The van der Waals surface area contributed by atoms with Crippen LogP contribution in [0.4, 0.5) is 0 Å². The van der Waals surface area contributed by atoms with Crippen LogP contribution in [0.5, 0.6) is 0 Å². The molecule has 0 saturated carbocycles. The van der Waals surface area contributed by atoms with Crippen molar-refractivity contribution >= 4 is 5.84 Å². The molecule has 10 heavy (non-hydrogen) atoms.